The Bertz CT molecular complexity index is 709. The molecule has 2 unspecified atom stereocenters. The largest absolute Gasteiger partial charge is 0.387 e. The number of aryl methyl sites for hydroxylation is 2. The van der Waals surface area contributed by atoms with E-state index < -0.39 is 6.10 Å². The molecule has 0 aliphatic rings. The molecule has 0 aliphatic carbocycles. The SMILES string of the molecule is Cc1nc(N)c(C#N)cc1C(O)CNC(C)CCc1ccccc1. The van der Waals surface area contributed by atoms with E-state index in [2.05, 4.69) is 29.4 Å². The fraction of sp³-hybridized carbons (Fsp3) is 0.368. The summed E-state index contributed by atoms with van der Waals surface area (Å²) in [5.41, 5.74) is 8.59. The third-order valence-electron chi connectivity index (χ3n) is 4.13. The van der Waals surface area contributed by atoms with Gasteiger partial charge in [0, 0.05) is 23.8 Å². The van der Waals surface area contributed by atoms with Gasteiger partial charge in [-0.05, 0) is 38.3 Å². The van der Waals surface area contributed by atoms with Crippen LogP contribution in [0.15, 0.2) is 36.4 Å². The zero-order valence-corrected chi connectivity index (χ0v) is 14.2. The summed E-state index contributed by atoms with van der Waals surface area (Å²) in [7, 11) is 0. The molecule has 24 heavy (non-hydrogen) atoms. The highest BCUT2D eigenvalue weighted by molar-refractivity contribution is 5.51. The fourth-order valence-corrected chi connectivity index (χ4v) is 2.62. The van der Waals surface area contributed by atoms with Crippen LogP contribution in [0.4, 0.5) is 5.82 Å². The second-order valence-electron chi connectivity index (χ2n) is 6.06. The molecule has 0 saturated carbocycles. The van der Waals surface area contributed by atoms with Crippen LogP contribution < -0.4 is 11.1 Å². The Balaban J connectivity index is 1.88. The molecule has 0 radical (unpaired) electrons. The van der Waals surface area contributed by atoms with Gasteiger partial charge in [-0.15, -0.1) is 0 Å². The first kappa shape index (κ1) is 17.9. The van der Waals surface area contributed by atoms with Crippen LogP contribution in [0.1, 0.15) is 41.8 Å². The summed E-state index contributed by atoms with van der Waals surface area (Å²) in [5, 5.41) is 22.8. The molecule has 0 bridgehead atoms. The lowest BCUT2D eigenvalue weighted by Gasteiger charge is -2.19. The van der Waals surface area contributed by atoms with Gasteiger partial charge in [-0.25, -0.2) is 4.98 Å². The molecule has 2 atom stereocenters. The molecule has 0 aliphatic heterocycles. The molecule has 126 valence electrons. The Morgan fingerprint density at radius 3 is 2.71 bits per heavy atom. The number of hydrogen-bond acceptors (Lipinski definition) is 5. The maximum atomic E-state index is 10.4. The molecule has 1 heterocycles. The van der Waals surface area contributed by atoms with Crippen molar-refractivity contribution in [1.82, 2.24) is 10.3 Å². The molecule has 5 heteroatoms. The number of nitrogen functional groups attached to an aromatic ring is 1. The number of anilines is 1. The molecular weight excluding hydrogens is 300 g/mol. The number of benzene rings is 1. The number of aliphatic hydroxyl groups excluding tert-OH is 1. The first-order valence-corrected chi connectivity index (χ1v) is 8.13. The normalized spacial score (nSPS) is 13.2. The molecule has 0 fully saturated rings. The van der Waals surface area contributed by atoms with Gasteiger partial charge in [0.1, 0.15) is 11.9 Å². The third kappa shape index (κ3) is 4.79. The minimum Gasteiger partial charge on any atom is -0.387 e. The monoisotopic (exact) mass is 324 g/mol. The topological polar surface area (TPSA) is 95.0 Å². The lowest BCUT2D eigenvalue weighted by atomic mass is 10.0. The number of aliphatic hydroxyl groups is 1. The van der Waals surface area contributed by atoms with E-state index in [1.807, 2.05) is 24.3 Å². The summed E-state index contributed by atoms with van der Waals surface area (Å²) in [6, 6.07) is 14.2. The molecule has 0 saturated heterocycles. The highest BCUT2D eigenvalue weighted by atomic mass is 16.3. The Labute approximate surface area is 143 Å². The summed E-state index contributed by atoms with van der Waals surface area (Å²) in [5.74, 6) is 0.204. The van der Waals surface area contributed by atoms with Gasteiger partial charge in [0.15, 0.2) is 0 Å². The second-order valence-corrected chi connectivity index (χ2v) is 6.06. The highest BCUT2D eigenvalue weighted by Crippen LogP contribution is 2.20. The lowest BCUT2D eigenvalue weighted by Crippen LogP contribution is -2.31. The molecule has 4 N–H and O–H groups in total. The molecule has 0 spiro atoms. The second kappa shape index (κ2) is 8.44. The molecule has 2 aromatic rings. The van der Waals surface area contributed by atoms with Crippen molar-refractivity contribution >= 4 is 5.82 Å². The summed E-state index contributed by atoms with van der Waals surface area (Å²) in [6.45, 7) is 4.30. The van der Waals surface area contributed by atoms with Crippen LogP contribution in [-0.4, -0.2) is 22.7 Å². The summed E-state index contributed by atoms with van der Waals surface area (Å²) < 4.78 is 0. The van der Waals surface area contributed by atoms with Crippen molar-refractivity contribution in [1.29, 1.82) is 5.26 Å². The van der Waals surface area contributed by atoms with Gasteiger partial charge in [0.05, 0.1) is 11.7 Å². The van der Waals surface area contributed by atoms with Gasteiger partial charge in [-0.3, -0.25) is 0 Å². The predicted octanol–water partition coefficient (Wildman–Crippen LogP) is 2.49. The highest BCUT2D eigenvalue weighted by Gasteiger charge is 2.15. The molecule has 1 aromatic carbocycles. The van der Waals surface area contributed by atoms with E-state index in [1.54, 1.807) is 13.0 Å². The van der Waals surface area contributed by atoms with Crippen LogP contribution in [0.3, 0.4) is 0 Å². The maximum Gasteiger partial charge on any atom is 0.141 e. The van der Waals surface area contributed by atoms with E-state index >= 15 is 0 Å². The lowest BCUT2D eigenvalue weighted by molar-refractivity contribution is 0.169. The Kier molecular flexibility index (Phi) is 6.30. The van der Waals surface area contributed by atoms with E-state index in [-0.39, 0.29) is 11.9 Å². The van der Waals surface area contributed by atoms with Crippen LogP contribution >= 0.6 is 0 Å². The van der Waals surface area contributed by atoms with Crippen LogP contribution in [0, 0.1) is 18.3 Å². The fourth-order valence-electron chi connectivity index (χ4n) is 2.62. The molecule has 0 amide bonds. The molecule has 5 nitrogen and oxygen atoms in total. The Morgan fingerprint density at radius 1 is 1.33 bits per heavy atom. The number of pyridine rings is 1. The van der Waals surface area contributed by atoms with Gasteiger partial charge < -0.3 is 16.2 Å². The minimum absolute atomic E-state index is 0.204. The number of nitrogens with two attached hydrogens (primary N) is 1. The van der Waals surface area contributed by atoms with Gasteiger partial charge in [-0.1, -0.05) is 30.3 Å². The number of nitrogens with one attached hydrogen (secondary N) is 1. The summed E-state index contributed by atoms with van der Waals surface area (Å²) >= 11 is 0. The maximum absolute atomic E-state index is 10.4. The Hall–Kier alpha value is -2.42. The standard InChI is InChI=1S/C19H24N4O/c1-13(8-9-15-6-4-3-5-7-15)22-12-18(24)17-10-16(11-20)19(21)23-14(17)2/h3-7,10,13,18,22,24H,8-9,12H2,1-2H3,(H2,21,23). The zero-order valence-electron chi connectivity index (χ0n) is 14.2. The smallest absolute Gasteiger partial charge is 0.141 e. The first-order valence-electron chi connectivity index (χ1n) is 8.13. The van der Waals surface area contributed by atoms with Gasteiger partial charge in [-0.2, -0.15) is 5.26 Å². The number of nitrogens with zero attached hydrogens (tertiary/aromatic N) is 2. The van der Waals surface area contributed by atoms with Gasteiger partial charge in [0.2, 0.25) is 0 Å². The number of rotatable bonds is 7. The van der Waals surface area contributed by atoms with Crippen molar-refractivity contribution in [3.05, 3.63) is 58.8 Å². The number of aromatic nitrogens is 1. The minimum atomic E-state index is -0.718. The van der Waals surface area contributed by atoms with Crippen molar-refractivity contribution in [3.63, 3.8) is 0 Å². The van der Waals surface area contributed by atoms with Gasteiger partial charge in [0.25, 0.3) is 0 Å². The van der Waals surface area contributed by atoms with Gasteiger partial charge >= 0.3 is 0 Å². The molecular formula is C19H24N4O. The Morgan fingerprint density at radius 2 is 2.04 bits per heavy atom. The predicted molar refractivity (Wildman–Crippen MR) is 95.3 cm³/mol. The van der Waals surface area contributed by atoms with E-state index in [4.69, 9.17) is 11.0 Å². The quantitative estimate of drug-likeness (QED) is 0.727. The third-order valence-corrected chi connectivity index (χ3v) is 4.13. The van der Waals surface area contributed by atoms with E-state index in [1.165, 1.54) is 5.56 Å². The molecule has 1 aromatic heterocycles. The number of hydrogen-bond donors (Lipinski definition) is 3. The van der Waals surface area contributed by atoms with Crippen molar-refractivity contribution in [2.24, 2.45) is 0 Å². The number of nitriles is 1. The summed E-state index contributed by atoms with van der Waals surface area (Å²) in [6.07, 6.45) is 1.26. The average molecular weight is 324 g/mol. The van der Waals surface area contributed by atoms with E-state index in [9.17, 15) is 5.11 Å². The van der Waals surface area contributed by atoms with E-state index in [0.29, 0.717) is 23.4 Å². The van der Waals surface area contributed by atoms with Crippen LogP contribution in [0.25, 0.3) is 0 Å². The van der Waals surface area contributed by atoms with Crippen molar-refractivity contribution < 1.29 is 5.11 Å². The van der Waals surface area contributed by atoms with Crippen molar-refractivity contribution in [2.75, 3.05) is 12.3 Å². The zero-order chi connectivity index (χ0) is 17.5. The first-order chi connectivity index (χ1) is 11.5. The van der Waals surface area contributed by atoms with Crippen LogP contribution in [0.5, 0.6) is 0 Å². The summed E-state index contributed by atoms with van der Waals surface area (Å²) in [4.78, 5) is 4.14. The van der Waals surface area contributed by atoms with E-state index in [0.717, 1.165) is 12.8 Å². The van der Waals surface area contributed by atoms with Crippen LogP contribution in [-0.2, 0) is 6.42 Å². The van der Waals surface area contributed by atoms with Crippen molar-refractivity contribution in [2.45, 2.75) is 38.8 Å². The average Bonchev–Trinajstić information content (AvgIpc) is 2.59. The molecule has 2 rings (SSSR count). The van der Waals surface area contributed by atoms with Crippen LogP contribution in [0.2, 0.25) is 0 Å². The van der Waals surface area contributed by atoms with Crippen molar-refractivity contribution in [3.8, 4) is 6.07 Å².